The molecule has 6 nitrogen and oxygen atoms in total. The van der Waals surface area contributed by atoms with Crippen LogP contribution in [-0.2, 0) is 9.09 Å². The Balaban J connectivity index is -0.00000162. The first-order chi connectivity index (χ1) is 9.06. The van der Waals surface area contributed by atoms with Gasteiger partial charge in [0.15, 0.2) is 0 Å². The zero-order valence-electron chi connectivity index (χ0n) is 14.3. The third kappa shape index (κ3) is 25.3. The van der Waals surface area contributed by atoms with Crippen LogP contribution in [0.1, 0.15) is 84.0 Å². The minimum Gasteiger partial charge on any atom is -0.790 e. The molecule has 0 rings (SSSR count). The van der Waals surface area contributed by atoms with Crippen LogP contribution in [0.3, 0.4) is 0 Å². The van der Waals surface area contributed by atoms with Crippen molar-refractivity contribution in [2.75, 3.05) is 6.61 Å². The highest BCUT2D eigenvalue weighted by molar-refractivity contribution is 7.43. The molecule has 0 aliphatic rings. The molecule has 0 heterocycles. The summed E-state index contributed by atoms with van der Waals surface area (Å²) in [6.45, 7) is 2.28. The van der Waals surface area contributed by atoms with Gasteiger partial charge in [0.1, 0.15) is 0 Å². The molecule has 132 valence electrons. The fourth-order valence-electron chi connectivity index (χ4n) is 2.12. The van der Waals surface area contributed by atoms with Crippen LogP contribution in [-0.4, -0.2) is 6.61 Å². The Morgan fingerprint density at radius 2 is 1.05 bits per heavy atom. The second kappa shape index (κ2) is 18.1. The molecule has 0 saturated heterocycles. The van der Waals surface area contributed by atoms with E-state index < -0.39 is 7.82 Å². The zero-order valence-corrected chi connectivity index (χ0v) is 15.2. The normalized spacial score (nSPS) is 10.8. The van der Waals surface area contributed by atoms with Crippen LogP contribution in [0, 0.1) is 0 Å². The Morgan fingerprint density at radius 1 is 0.714 bits per heavy atom. The van der Waals surface area contributed by atoms with E-state index in [4.69, 9.17) is 0 Å². The SMILES string of the molecule is CCCCCCCCCCCCCCOP(=O)([O-])[O-].[NH4+].[NH4+]. The van der Waals surface area contributed by atoms with E-state index in [0.29, 0.717) is 6.42 Å². The molecule has 0 aliphatic heterocycles. The summed E-state index contributed by atoms with van der Waals surface area (Å²) in [6.07, 6.45) is 14.6. The Hall–Kier alpha value is 0.0300. The molecule has 8 N–H and O–H groups in total. The van der Waals surface area contributed by atoms with Crippen molar-refractivity contribution < 1.29 is 18.9 Å². The predicted octanol–water partition coefficient (Wildman–Crippen LogP) is 4.29. The summed E-state index contributed by atoms with van der Waals surface area (Å²) in [5, 5.41) is 0. The Morgan fingerprint density at radius 3 is 1.38 bits per heavy atom. The lowest BCUT2D eigenvalue weighted by Crippen LogP contribution is -2.16. The molecule has 0 aliphatic carbocycles. The maximum Gasteiger partial charge on any atom is 0.0596 e. The van der Waals surface area contributed by atoms with Gasteiger partial charge in [0.05, 0.1) is 14.4 Å². The molecule has 0 radical (unpaired) electrons. The van der Waals surface area contributed by atoms with Crippen molar-refractivity contribution in [1.29, 1.82) is 0 Å². The number of hydrogen-bond acceptors (Lipinski definition) is 4. The van der Waals surface area contributed by atoms with Crippen LogP contribution in [0.2, 0.25) is 0 Å². The van der Waals surface area contributed by atoms with Crippen molar-refractivity contribution >= 4 is 7.82 Å². The second-order valence-electron chi connectivity index (χ2n) is 5.17. The highest BCUT2D eigenvalue weighted by Gasteiger charge is 1.94. The fourth-order valence-corrected chi connectivity index (χ4v) is 2.47. The molecule has 0 unspecified atom stereocenters. The van der Waals surface area contributed by atoms with Crippen LogP contribution >= 0.6 is 7.82 Å². The van der Waals surface area contributed by atoms with E-state index in [2.05, 4.69) is 11.4 Å². The number of phosphoric ester groups is 1. The number of quaternary nitrogens is 2. The fraction of sp³-hybridized carbons (Fsp3) is 1.00. The van der Waals surface area contributed by atoms with Crippen molar-refractivity contribution in [3.05, 3.63) is 0 Å². The van der Waals surface area contributed by atoms with E-state index >= 15 is 0 Å². The number of phosphoric acid groups is 1. The summed E-state index contributed by atoms with van der Waals surface area (Å²) >= 11 is 0. The number of unbranched alkanes of at least 4 members (excludes halogenated alkanes) is 11. The van der Waals surface area contributed by atoms with Crippen molar-refractivity contribution in [2.24, 2.45) is 0 Å². The van der Waals surface area contributed by atoms with Gasteiger partial charge in [0, 0.05) is 0 Å². The second-order valence-corrected chi connectivity index (χ2v) is 6.32. The van der Waals surface area contributed by atoms with Gasteiger partial charge in [-0.3, -0.25) is 0 Å². The lowest BCUT2D eigenvalue weighted by molar-refractivity contribution is -0.341. The molecule has 0 amide bonds. The summed E-state index contributed by atoms with van der Waals surface area (Å²) in [5.74, 6) is 0. The molecule has 0 aromatic carbocycles. The van der Waals surface area contributed by atoms with Gasteiger partial charge in [-0.25, -0.2) is 0 Å². The van der Waals surface area contributed by atoms with Crippen molar-refractivity contribution in [2.45, 2.75) is 84.0 Å². The first-order valence-corrected chi connectivity index (χ1v) is 9.19. The third-order valence-corrected chi connectivity index (χ3v) is 3.75. The smallest absolute Gasteiger partial charge is 0.0596 e. The van der Waals surface area contributed by atoms with Gasteiger partial charge in [0.25, 0.3) is 0 Å². The average molecular weight is 328 g/mol. The van der Waals surface area contributed by atoms with Crippen molar-refractivity contribution in [3.63, 3.8) is 0 Å². The topological polar surface area (TPSA) is 145 Å². The molecule has 0 spiro atoms. The standard InChI is InChI=1S/C14H31O4P.2H3N/c1-2-3-4-5-6-7-8-9-10-11-12-13-14-18-19(15,16)17;;/h2-14H2,1H3,(H2,15,16,17);2*1H3. The first kappa shape index (κ1) is 26.0. The Bertz CT molecular complexity index is 237. The van der Waals surface area contributed by atoms with Gasteiger partial charge < -0.3 is 31.2 Å². The van der Waals surface area contributed by atoms with Gasteiger partial charge in [-0.2, -0.15) is 0 Å². The van der Waals surface area contributed by atoms with E-state index in [-0.39, 0.29) is 18.9 Å². The van der Waals surface area contributed by atoms with Crippen LogP contribution < -0.4 is 22.1 Å². The molecule has 21 heavy (non-hydrogen) atoms. The first-order valence-electron chi connectivity index (χ1n) is 7.73. The molecule has 0 aromatic heterocycles. The van der Waals surface area contributed by atoms with E-state index in [9.17, 15) is 14.4 Å². The minimum absolute atomic E-state index is 0. The Kier molecular flexibility index (Phi) is 22.3. The average Bonchev–Trinajstić information content (AvgIpc) is 2.34. The molecule has 0 saturated carbocycles. The zero-order chi connectivity index (χ0) is 14.4. The molecule has 0 aromatic rings. The summed E-state index contributed by atoms with van der Waals surface area (Å²) < 4.78 is 14.3. The van der Waals surface area contributed by atoms with Crippen LogP contribution in [0.15, 0.2) is 0 Å². The predicted molar refractivity (Wildman–Crippen MR) is 86.6 cm³/mol. The highest BCUT2D eigenvalue weighted by Crippen LogP contribution is 2.24. The molecule has 0 fully saturated rings. The van der Waals surface area contributed by atoms with Gasteiger partial charge >= 0.3 is 0 Å². The molecule has 0 bridgehead atoms. The van der Waals surface area contributed by atoms with E-state index in [1.165, 1.54) is 57.8 Å². The summed E-state index contributed by atoms with van der Waals surface area (Å²) in [7, 11) is -4.75. The van der Waals surface area contributed by atoms with E-state index in [0.717, 1.165) is 12.8 Å². The van der Waals surface area contributed by atoms with Gasteiger partial charge in [-0.05, 0) is 6.42 Å². The van der Waals surface area contributed by atoms with E-state index in [1.54, 1.807) is 0 Å². The monoisotopic (exact) mass is 328 g/mol. The lowest BCUT2D eigenvalue weighted by atomic mass is 10.1. The number of hydrogen-bond donors (Lipinski definition) is 2. The molecule has 0 atom stereocenters. The number of rotatable bonds is 14. The van der Waals surface area contributed by atoms with Crippen molar-refractivity contribution in [3.8, 4) is 0 Å². The highest BCUT2D eigenvalue weighted by atomic mass is 31.2. The summed E-state index contributed by atoms with van der Waals surface area (Å²) in [5.41, 5.74) is 0. The summed E-state index contributed by atoms with van der Waals surface area (Å²) in [6, 6.07) is 0. The van der Waals surface area contributed by atoms with Gasteiger partial charge in [0.2, 0.25) is 0 Å². The molecular formula is C14H37N2O4P. The molecular weight excluding hydrogens is 291 g/mol. The minimum atomic E-state index is -4.75. The largest absolute Gasteiger partial charge is 0.790 e. The van der Waals surface area contributed by atoms with E-state index in [1.807, 2.05) is 0 Å². The third-order valence-electron chi connectivity index (χ3n) is 3.25. The maximum absolute atomic E-state index is 10.2. The van der Waals surface area contributed by atoms with Crippen LogP contribution in [0.5, 0.6) is 0 Å². The van der Waals surface area contributed by atoms with Gasteiger partial charge in [-0.1, -0.05) is 77.6 Å². The van der Waals surface area contributed by atoms with Crippen LogP contribution in [0.25, 0.3) is 0 Å². The summed E-state index contributed by atoms with van der Waals surface area (Å²) in [4.78, 5) is 20.4. The van der Waals surface area contributed by atoms with Gasteiger partial charge in [-0.15, -0.1) is 0 Å². The molecule has 7 heteroatoms. The Labute approximate surface area is 130 Å². The van der Waals surface area contributed by atoms with Crippen LogP contribution in [0.4, 0.5) is 0 Å². The quantitative estimate of drug-likeness (QED) is 0.361. The van der Waals surface area contributed by atoms with Crippen molar-refractivity contribution in [1.82, 2.24) is 12.3 Å². The lowest BCUT2D eigenvalue weighted by Gasteiger charge is -2.28. The maximum atomic E-state index is 10.2.